The van der Waals surface area contributed by atoms with Gasteiger partial charge >= 0.3 is 0 Å². The third-order valence-electron chi connectivity index (χ3n) is 3.52. The molecule has 0 aromatic carbocycles. The maximum absolute atomic E-state index is 7.38. The maximum atomic E-state index is 7.38. The Kier molecular flexibility index (Phi) is 3.75. The van der Waals surface area contributed by atoms with E-state index in [0.29, 0.717) is 0 Å². The van der Waals surface area contributed by atoms with Crippen LogP contribution in [0.2, 0.25) is 0 Å². The molecule has 1 rings (SSSR count). The molecule has 0 saturated carbocycles. The topological polar surface area (TPSA) is 4.36 Å². The van der Waals surface area contributed by atoms with Crippen LogP contribution in [-0.4, -0.2) is 5.54 Å². The monoisotopic (exact) mass is 191 g/mol. The molecule has 1 aliphatic carbocycles. The smallest absolute Gasteiger partial charge is 0.236 e. The molecule has 1 atom stereocenters. The zero-order valence-electron chi connectivity index (χ0n) is 9.69. The summed E-state index contributed by atoms with van der Waals surface area (Å²) < 4.78 is 0. The van der Waals surface area contributed by atoms with E-state index in [9.17, 15) is 0 Å². The normalized spacial score (nSPS) is 27.6. The average molecular weight is 191 g/mol. The predicted molar refractivity (Wildman–Crippen MR) is 61.1 cm³/mol. The lowest BCUT2D eigenvalue weighted by molar-refractivity contribution is 0.393. The minimum Gasteiger partial charge on any atom is -0.310 e. The van der Waals surface area contributed by atoms with Crippen molar-refractivity contribution in [2.24, 2.45) is 0 Å². The van der Waals surface area contributed by atoms with E-state index in [1.54, 1.807) is 0 Å². The Morgan fingerprint density at radius 1 is 1.36 bits per heavy atom. The Morgan fingerprint density at radius 2 is 2.07 bits per heavy atom. The number of nitrogens with zero attached hydrogens (tertiary/aromatic N) is 1. The molecule has 0 amide bonds. The first-order valence-corrected chi connectivity index (χ1v) is 5.67. The molecule has 0 radical (unpaired) electrons. The molecule has 1 nitrogen and oxygen atoms in total. The summed E-state index contributed by atoms with van der Waals surface area (Å²) in [7, 11) is 0. The number of allylic oxidation sites excluding steroid dienone is 1. The summed E-state index contributed by atoms with van der Waals surface area (Å²) in [6.45, 7) is 14.0. The maximum Gasteiger partial charge on any atom is 0.236 e. The van der Waals surface area contributed by atoms with Gasteiger partial charge in [0.15, 0.2) is 0 Å². The fourth-order valence-corrected chi connectivity index (χ4v) is 2.24. The van der Waals surface area contributed by atoms with Crippen molar-refractivity contribution in [3.8, 4) is 0 Å². The summed E-state index contributed by atoms with van der Waals surface area (Å²) in [6.07, 6.45) is 6.74. The predicted octanol–water partition coefficient (Wildman–Crippen LogP) is 4.35. The van der Waals surface area contributed by atoms with Crippen LogP contribution in [0.5, 0.6) is 0 Å². The Balaban J connectivity index is 2.70. The van der Waals surface area contributed by atoms with Gasteiger partial charge in [-0.25, -0.2) is 6.57 Å². The molecule has 1 heteroatoms. The number of hydrogen-bond acceptors (Lipinski definition) is 0. The summed E-state index contributed by atoms with van der Waals surface area (Å²) in [4.78, 5) is 3.92. The van der Waals surface area contributed by atoms with E-state index in [4.69, 9.17) is 6.57 Å². The van der Waals surface area contributed by atoms with Crippen LogP contribution in [0.15, 0.2) is 11.1 Å². The first-order valence-electron chi connectivity index (χ1n) is 5.67. The zero-order valence-corrected chi connectivity index (χ0v) is 9.69. The van der Waals surface area contributed by atoms with Crippen LogP contribution in [0.25, 0.3) is 4.85 Å². The van der Waals surface area contributed by atoms with E-state index in [-0.39, 0.29) is 5.54 Å². The van der Waals surface area contributed by atoms with Gasteiger partial charge in [-0.05, 0) is 26.7 Å². The molecule has 78 valence electrons. The first-order chi connectivity index (χ1) is 6.63. The highest BCUT2D eigenvalue weighted by Gasteiger charge is 2.38. The van der Waals surface area contributed by atoms with E-state index in [0.717, 1.165) is 25.7 Å². The average Bonchev–Trinajstić information content (AvgIpc) is 2.20. The lowest BCUT2D eigenvalue weighted by Gasteiger charge is -2.27. The molecule has 0 heterocycles. The summed E-state index contributed by atoms with van der Waals surface area (Å²) in [5.41, 5.74) is 2.93. The fourth-order valence-electron chi connectivity index (χ4n) is 2.24. The van der Waals surface area contributed by atoms with Crippen molar-refractivity contribution in [2.75, 3.05) is 0 Å². The molecule has 0 aromatic rings. The van der Waals surface area contributed by atoms with Crippen molar-refractivity contribution in [3.05, 3.63) is 22.6 Å². The highest BCUT2D eigenvalue weighted by Crippen LogP contribution is 2.38. The van der Waals surface area contributed by atoms with E-state index < -0.39 is 0 Å². The third kappa shape index (κ3) is 2.38. The zero-order chi connectivity index (χ0) is 10.6. The van der Waals surface area contributed by atoms with Gasteiger partial charge in [-0.3, -0.25) is 0 Å². The molecule has 0 spiro atoms. The van der Waals surface area contributed by atoms with Gasteiger partial charge < -0.3 is 4.85 Å². The second-order valence-corrected chi connectivity index (χ2v) is 4.68. The largest absolute Gasteiger partial charge is 0.310 e. The van der Waals surface area contributed by atoms with Gasteiger partial charge in [0.2, 0.25) is 5.54 Å². The van der Waals surface area contributed by atoms with E-state index in [1.165, 1.54) is 24.0 Å². The lowest BCUT2D eigenvalue weighted by atomic mass is 9.76. The standard InChI is InChI=1S/C13H21N/c1-5-6-8-13(14-4)9-7-11(2)12(3)10-13/h5-10H2,1-3H3. The minimum absolute atomic E-state index is 0.0421. The molecular formula is C13H21N. The van der Waals surface area contributed by atoms with Crippen LogP contribution in [0.3, 0.4) is 0 Å². The summed E-state index contributed by atoms with van der Waals surface area (Å²) >= 11 is 0. The molecule has 0 aliphatic heterocycles. The molecule has 0 aromatic heterocycles. The quantitative estimate of drug-likeness (QED) is 0.461. The molecule has 0 saturated heterocycles. The van der Waals surface area contributed by atoms with Crippen LogP contribution in [0.4, 0.5) is 0 Å². The lowest BCUT2D eigenvalue weighted by Crippen LogP contribution is -2.28. The Morgan fingerprint density at radius 3 is 2.57 bits per heavy atom. The van der Waals surface area contributed by atoms with Crippen LogP contribution < -0.4 is 0 Å². The van der Waals surface area contributed by atoms with Crippen LogP contribution >= 0.6 is 0 Å². The first kappa shape index (κ1) is 11.3. The van der Waals surface area contributed by atoms with Gasteiger partial charge in [-0.1, -0.05) is 24.5 Å². The van der Waals surface area contributed by atoms with Crippen molar-refractivity contribution >= 4 is 0 Å². The number of unbranched alkanes of at least 4 members (excludes halogenated alkanes) is 1. The highest BCUT2D eigenvalue weighted by atomic mass is 14.8. The summed E-state index contributed by atoms with van der Waals surface area (Å²) in [6, 6.07) is 0. The third-order valence-corrected chi connectivity index (χ3v) is 3.52. The van der Waals surface area contributed by atoms with Gasteiger partial charge in [-0.15, -0.1) is 0 Å². The SMILES string of the molecule is [C-]#[N+]C1(CCCC)CCC(C)=C(C)C1. The molecule has 0 N–H and O–H groups in total. The van der Waals surface area contributed by atoms with Crippen LogP contribution in [0.1, 0.15) is 59.3 Å². The second-order valence-electron chi connectivity index (χ2n) is 4.68. The fraction of sp³-hybridized carbons (Fsp3) is 0.769. The van der Waals surface area contributed by atoms with Crippen molar-refractivity contribution in [1.82, 2.24) is 0 Å². The van der Waals surface area contributed by atoms with Crippen molar-refractivity contribution < 1.29 is 0 Å². The number of rotatable bonds is 3. The van der Waals surface area contributed by atoms with Gasteiger partial charge in [0.25, 0.3) is 0 Å². The Labute approximate surface area is 88.0 Å². The Bertz CT molecular complexity index is 269. The Hall–Kier alpha value is -0.770. The van der Waals surface area contributed by atoms with Crippen molar-refractivity contribution in [1.29, 1.82) is 0 Å². The molecule has 1 unspecified atom stereocenters. The second kappa shape index (κ2) is 4.64. The molecule has 1 aliphatic rings. The van der Waals surface area contributed by atoms with E-state index >= 15 is 0 Å². The summed E-state index contributed by atoms with van der Waals surface area (Å²) in [5, 5.41) is 0. The van der Waals surface area contributed by atoms with Gasteiger partial charge in [-0.2, -0.15) is 0 Å². The molecule has 0 fully saturated rings. The van der Waals surface area contributed by atoms with Crippen LogP contribution in [0, 0.1) is 6.57 Å². The molecule has 0 bridgehead atoms. The minimum atomic E-state index is -0.0421. The van der Waals surface area contributed by atoms with Gasteiger partial charge in [0.1, 0.15) is 0 Å². The van der Waals surface area contributed by atoms with Crippen molar-refractivity contribution in [3.63, 3.8) is 0 Å². The van der Waals surface area contributed by atoms with Gasteiger partial charge in [0.05, 0.1) is 0 Å². The highest BCUT2D eigenvalue weighted by molar-refractivity contribution is 5.21. The van der Waals surface area contributed by atoms with E-state index in [1.807, 2.05) is 0 Å². The molecule has 14 heavy (non-hydrogen) atoms. The van der Waals surface area contributed by atoms with Crippen LogP contribution in [-0.2, 0) is 0 Å². The number of hydrogen-bond donors (Lipinski definition) is 0. The van der Waals surface area contributed by atoms with Gasteiger partial charge in [0, 0.05) is 19.3 Å². The van der Waals surface area contributed by atoms with Crippen molar-refractivity contribution in [2.45, 2.75) is 64.8 Å². The molecular weight excluding hydrogens is 170 g/mol. The summed E-state index contributed by atoms with van der Waals surface area (Å²) in [5.74, 6) is 0. The van der Waals surface area contributed by atoms with E-state index in [2.05, 4.69) is 25.6 Å².